The predicted octanol–water partition coefficient (Wildman–Crippen LogP) is 4.54. The van der Waals surface area contributed by atoms with Crippen molar-refractivity contribution < 1.29 is 0 Å². The quantitative estimate of drug-likeness (QED) is 0.542. The highest BCUT2D eigenvalue weighted by Gasteiger charge is 1.99. The van der Waals surface area contributed by atoms with Crippen LogP contribution in [0.15, 0.2) is 18.2 Å². The number of aryl methyl sites for hydroxylation is 1. The molecule has 0 aromatic heterocycles. The largest absolute Gasteiger partial charge is 0.313 e. The Morgan fingerprint density at radius 1 is 1.12 bits per heavy atom. The monoisotopic (exact) mass is 273 g/mol. The third kappa shape index (κ3) is 6.30. The summed E-state index contributed by atoms with van der Waals surface area (Å²) >= 11 is 11.8. The Bertz CT molecular complexity index is 326. The van der Waals surface area contributed by atoms with Gasteiger partial charge in [-0.3, -0.25) is 0 Å². The summed E-state index contributed by atoms with van der Waals surface area (Å²) in [5.41, 5.74) is 2.39. The average Bonchev–Trinajstić information content (AvgIpc) is 2.30. The molecule has 1 nitrogen and oxygen atoms in total. The molecule has 0 aliphatic carbocycles. The lowest BCUT2D eigenvalue weighted by molar-refractivity contribution is 0.599. The summed E-state index contributed by atoms with van der Waals surface area (Å²) in [7, 11) is 0. The first-order valence-electron chi connectivity index (χ1n) is 6.25. The first kappa shape index (κ1) is 14.8. The van der Waals surface area contributed by atoms with E-state index in [4.69, 9.17) is 23.2 Å². The number of hydrogen-bond donors (Lipinski definition) is 1. The molecule has 0 fully saturated rings. The van der Waals surface area contributed by atoms with Crippen LogP contribution in [0, 0.1) is 6.92 Å². The maximum atomic E-state index is 6.16. The Morgan fingerprint density at radius 2 is 1.88 bits per heavy atom. The molecule has 96 valence electrons. The Kier molecular flexibility index (Phi) is 7.67. The summed E-state index contributed by atoms with van der Waals surface area (Å²) in [5, 5.41) is 4.28. The fourth-order valence-electron chi connectivity index (χ4n) is 1.72. The normalized spacial score (nSPS) is 10.8. The van der Waals surface area contributed by atoms with Crippen molar-refractivity contribution in [2.75, 3.05) is 12.4 Å². The van der Waals surface area contributed by atoms with E-state index in [1.807, 2.05) is 6.07 Å². The highest BCUT2D eigenvalue weighted by molar-refractivity contribution is 6.31. The first-order chi connectivity index (χ1) is 8.24. The molecule has 1 aromatic rings. The van der Waals surface area contributed by atoms with Gasteiger partial charge in [-0.2, -0.15) is 0 Å². The molecule has 0 unspecified atom stereocenters. The summed E-state index contributed by atoms with van der Waals surface area (Å²) in [6.45, 7) is 3.96. The minimum atomic E-state index is 0.784. The van der Waals surface area contributed by atoms with Gasteiger partial charge in [0.15, 0.2) is 0 Å². The third-order valence-electron chi connectivity index (χ3n) is 2.76. The SMILES string of the molecule is Cc1ccc(CNCCCCCCCl)c(Cl)c1. The molecule has 0 bridgehead atoms. The molecule has 0 spiro atoms. The molecular weight excluding hydrogens is 253 g/mol. The van der Waals surface area contributed by atoms with Gasteiger partial charge < -0.3 is 5.32 Å². The third-order valence-corrected chi connectivity index (χ3v) is 3.38. The molecule has 3 heteroatoms. The van der Waals surface area contributed by atoms with E-state index in [1.54, 1.807) is 0 Å². The van der Waals surface area contributed by atoms with Gasteiger partial charge in [0, 0.05) is 17.4 Å². The van der Waals surface area contributed by atoms with Gasteiger partial charge in [0.25, 0.3) is 0 Å². The Labute approximate surface area is 115 Å². The molecule has 1 N–H and O–H groups in total. The van der Waals surface area contributed by atoms with Gasteiger partial charge >= 0.3 is 0 Å². The van der Waals surface area contributed by atoms with Crippen LogP contribution in [0.3, 0.4) is 0 Å². The van der Waals surface area contributed by atoms with Crippen LogP contribution in [0.4, 0.5) is 0 Å². The van der Waals surface area contributed by atoms with Gasteiger partial charge in [0.1, 0.15) is 0 Å². The van der Waals surface area contributed by atoms with Crippen LogP contribution in [-0.2, 0) is 6.54 Å². The van der Waals surface area contributed by atoms with Crippen molar-refractivity contribution in [3.8, 4) is 0 Å². The number of rotatable bonds is 8. The molecule has 0 saturated heterocycles. The second-order valence-electron chi connectivity index (χ2n) is 4.37. The lowest BCUT2D eigenvalue weighted by Gasteiger charge is -2.07. The minimum Gasteiger partial charge on any atom is -0.313 e. The summed E-state index contributed by atoms with van der Waals surface area (Å²) in [5.74, 6) is 0.784. The highest BCUT2D eigenvalue weighted by Crippen LogP contribution is 2.17. The van der Waals surface area contributed by atoms with Crippen LogP contribution in [0.25, 0.3) is 0 Å². The zero-order chi connectivity index (χ0) is 12.5. The molecule has 1 aromatic carbocycles. The van der Waals surface area contributed by atoms with Gasteiger partial charge in [-0.1, -0.05) is 36.6 Å². The van der Waals surface area contributed by atoms with Crippen LogP contribution in [0.5, 0.6) is 0 Å². The smallest absolute Gasteiger partial charge is 0.0453 e. The Balaban J connectivity index is 2.14. The van der Waals surface area contributed by atoms with E-state index in [1.165, 1.54) is 30.4 Å². The van der Waals surface area contributed by atoms with E-state index in [2.05, 4.69) is 24.4 Å². The average molecular weight is 274 g/mol. The van der Waals surface area contributed by atoms with Crippen LogP contribution >= 0.6 is 23.2 Å². The molecule has 0 heterocycles. The molecule has 0 aliphatic heterocycles. The summed E-state index contributed by atoms with van der Waals surface area (Å²) in [6.07, 6.45) is 4.82. The van der Waals surface area contributed by atoms with E-state index < -0.39 is 0 Å². The summed E-state index contributed by atoms with van der Waals surface area (Å²) in [4.78, 5) is 0. The molecule has 0 amide bonds. The molecule has 1 rings (SSSR count). The van der Waals surface area contributed by atoms with E-state index >= 15 is 0 Å². The molecular formula is C14H21Cl2N. The second-order valence-corrected chi connectivity index (χ2v) is 5.16. The zero-order valence-corrected chi connectivity index (χ0v) is 11.9. The van der Waals surface area contributed by atoms with Gasteiger partial charge in [-0.15, -0.1) is 11.6 Å². The maximum absolute atomic E-state index is 6.16. The van der Waals surface area contributed by atoms with E-state index in [0.29, 0.717) is 0 Å². The summed E-state index contributed by atoms with van der Waals surface area (Å²) in [6, 6.07) is 6.21. The van der Waals surface area contributed by atoms with Crippen molar-refractivity contribution in [1.29, 1.82) is 0 Å². The van der Waals surface area contributed by atoms with Gasteiger partial charge in [-0.05, 0) is 43.5 Å². The number of nitrogens with one attached hydrogen (secondary N) is 1. The molecule has 17 heavy (non-hydrogen) atoms. The predicted molar refractivity (Wildman–Crippen MR) is 77.1 cm³/mol. The van der Waals surface area contributed by atoms with Crippen molar-refractivity contribution in [2.45, 2.75) is 39.2 Å². The van der Waals surface area contributed by atoms with Crippen LogP contribution in [-0.4, -0.2) is 12.4 Å². The van der Waals surface area contributed by atoms with Crippen molar-refractivity contribution in [1.82, 2.24) is 5.32 Å². The Morgan fingerprint density at radius 3 is 2.59 bits per heavy atom. The van der Waals surface area contributed by atoms with Crippen molar-refractivity contribution >= 4 is 23.2 Å². The zero-order valence-electron chi connectivity index (χ0n) is 10.4. The fourth-order valence-corrected chi connectivity index (χ4v) is 2.21. The number of benzene rings is 1. The van der Waals surface area contributed by atoms with Gasteiger partial charge in [0.05, 0.1) is 0 Å². The van der Waals surface area contributed by atoms with Crippen LogP contribution < -0.4 is 5.32 Å². The molecule has 0 atom stereocenters. The lowest BCUT2D eigenvalue weighted by atomic mass is 10.1. The fraction of sp³-hybridized carbons (Fsp3) is 0.571. The van der Waals surface area contributed by atoms with E-state index in [-0.39, 0.29) is 0 Å². The van der Waals surface area contributed by atoms with Crippen LogP contribution in [0.1, 0.15) is 36.8 Å². The maximum Gasteiger partial charge on any atom is 0.0453 e. The van der Waals surface area contributed by atoms with Gasteiger partial charge in [0.2, 0.25) is 0 Å². The summed E-state index contributed by atoms with van der Waals surface area (Å²) < 4.78 is 0. The molecule has 0 radical (unpaired) electrons. The van der Waals surface area contributed by atoms with Crippen molar-refractivity contribution in [3.63, 3.8) is 0 Å². The second kappa shape index (κ2) is 8.79. The van der Waals surface area contributed by atoms with Crippen molar-refractivity contribution in [3.05, 3.63) is 34.3 Å². The van der Waals surface area contributed by atoms with E-state index in [9.17, 15) is 0 Å². The Hall–Kier alpha value is -0.240. The standard InChI is InChI=1S/C14H21Cl2N/c1-12-6-7-13(14(16)10-12)11-17-9-5-3-2-4-8-15/h6-7,10,17H,2-5,8-9,11H2,1H3. The number of hydrogen-bond acceptors (Lipinski definition) is 1. The highest BCUT2D eigenvalue weighted by atomic mass is 35.5. The first-order valence-corrected chi connectivity index (χ1v) is 7.17. The lowest BCUT2D eigenvalue weighted by Crippen LogP contribution is -2.14. The van der Waals surface area contributed by atoms with Gasteiger partial charge in [-0.25, -0.2) is 0 Å². The van der Waals surface area contributed by atoms with E-state index in [0.717, 1.165) is 30.4 Å². The van der Waals surface area contributed by atoms with Crippen molar-refractivity contribution in [2.24, 2.45) is 0 Å². The topological polar surface area (TPSA) is 12.0 Å². The molecule has 0 saturated carbocycles. The molecule has 0 aliphatic rings. The number of alkyl halides is 1. The van der Waals surface area contributed by atoms with Crippen LogP contribution in [0.2, 0.25) is 5.02 Å². The number of halogens is 2. The number of unbranched alkanes of at least 4 members (excludes halogenated alkanes) is 3. The minimum absolute atomic E-state index is 0.784.